The molecule has 3 aliphatic rings. The number of likely N-dealkylation sites (tertiary alicyclic amines) is 1. The second kappa shape index (κ2) is 13.3. The van der Waals surface area contributed by atoms with Gasteiger partial charge in [0, 0.05) is 37.6 Å². The van der Waals surface area contributed by atoms with Gasteiger partial charge in [-0.1, -0.05) is 23.7 Å². The highest BCUT2D eigenvalue weighted by atomic mass is 35.5. The average Bonchev–Trinajstić information content (AvgIpc) is 3.46. The number of carbonyl (C=O) groups excluding carboxylic acids is 2. The van der Waals surface area contributed by atoms with Crippen molar-refractivity contribution in [3.8, 4) is 11.5 Å². The molecule has 9 heteroatoms. The minimum absolute atomic E-state index is 0.0156. The summed E-state index contributed by atoms with van der Waals surface area (Å²) in [5.41, 5.74) is 3.58. The second-order valence-corrected chi connectivity index (χ2v) is 13.3. The number of benzene rings is 2. The van der Waals surface area contributed by atoms with Crippen LogP contribution in [0.4, 0.5) is 11.5 Å². The number of carbonyl (C=O) groups is 2. The molecule has 1 atom stereocenters. The molecule has 45 heavy (non-hydrogen) atoms. The predicted molar refractivity (Wildman–Crippen MR) is 177 cm³/mol. The lowest BCUT2D eigenvalue weighted by Gasteiger charge is -2.38. The molecule has 1 aliphatic carbocycles. The van der Waals surface area contributed by atoms with E-state index in [0.717, 1.165) is 73.4 Å². The molecule has 2 amide bonds. The zero-order valence-electron chi connectivity index (χ0n) is 26.7. The first-order chi connectivity index (χ1) is 21.7. The molecule has 1 saturated carbocycles. The van der Waals surface area contributed by atoms with Gasteiger partial charge in [-0.05, 0) is 105 Å². The Morgan fingerprint density at radius 1 is 1.00 bits per heavy atom. The number of anilines is 2. The number of aromatic nitrogens is 1. The molecule has 0 radical (unpaired) electrons. The topological polar surface area (TPSA) is 75.2 Å². The third-order valence-corrected chi connectivity index (χ3v) is 9.69. The molecular weight excluding hydrogens is 588 g/mol. The lowest BCUT2D eigenvalue weighted by molar-refractivity contribution is -0.130. The van der Waals surface area contributed by atoms with Gasteiger partial charge < -0.3 is 19.3 Å². The van der Waals surface area contributed by atoms with Gasteiger partial charge in [-0.15, -0.1) is 0 Å². The van der Waals surface area contributed by atoms with E-state index in [1.54, 1.807) is 7.11 Å². The quantitative estimate of drug-likeness (QED) is 0.258. The zero-order valence-corrected chi connectivity index (χ0v) is 27.4. The number of fused-ring (bicyclic) bond motifs is 1. The molecule has 6 rings (SSSR count). The monoisotopic (exact) mass is 630 g/mol. The van der Waals surface area contributed by atoms with Gasteiger partial charge in [0.2, 0.25) is 11.8 Å². The van der Waals surface area contributed by atoms with Crippen LogP contribution < -0.4 is 19.3 Å². The number of ether oxygens (including phenoxy) is 2. The van der Waals surface area contributed by atoms with Crippen LogP contribution in [0.1, 0.15) is 75.1 Å². The summed E-state index contributed by atoms with van der Waals surface area (Å²) in [5, 5.41) is 0.637. The van der Waals surface area contributed by atoms with Crippen LogP contribution in [0, 0.1) is 5.92 Å². The first-order valence-electron chi connectivity index (χ1n) is 16.1. The van der Waals surface area contributed by atoms with Gasteiger partial charge in [0.05, 0.1) is 37.6 Å². The van der Waals surface area contributed by atoms with E-state index in [2.05, 4.69) is 16.8 Å². The fraction of sp³-hybridized carbons (Fsp3) is 0.472. The number of pyridine rings is 1. The van der Waals surface area contributed by atoms with Gasteiger partial charge in [0.25, 0.3) is 0 Å². The Morgan fingerprint density at radius 3 is 2.38 bits per heavy atom. The van der Waals surface area contributed by atoms with Crippen LogP contribution in [0.3, 0.4) is 0 Å². The van der Waals surface area contributed by atoms with Crippen molar-refractivity contribution in [3.05, 3.63) is 76.4 Å². The summed E-state index contributed by atoms with van der Waals surface area (Å²) in [4.78, 5) is 37.1. The lowest BCUT2D eigenvalue weighted by Crippen LogP contribution is -2.41. The average molecular weight is 631 g/mol. The summed E-state index contributed by atoms with van der Waals surface area (Å²) in [7, 11) is 3.70. The van der Waals surface area contributed by atoms with Crippen LogP contribution in [0.25, 0.3) is 0 Å². The number of rotatable bonds is 9. The number of amides is 2. The molecule has 1 aromatic heterocycles. The van der Waals surface area contributed by atoms with Crippen molar-refractivity contribution in [2.24, 2.45) is 5.92 Å². The molecule has 1 saturated heterocycles. The van der Waals surface area contributed by atoms with Crippen LogP contribution in [-0.4, -0.2) is 61.1 Å². The molecule has 0 N–H and O–H groups in total. The van der Waals surface area contributed by atoms with Crippen LogP contribution in [0.15, 0.2) is 54.7 Å². The summed E-state index contributed by atoms with van der Waals surface area (Å²) < 4.78 is 11.8. The third-order valence-electron chi connectivity index (χ3n) is 9.44. The van der Waals surface area contributed by atoms with Gasteiger partial charge in [-0.25, -0.2) is 4.98 Å². The van der Waals surface area contributed by atoms with Crippen molar-refractivity contribution in [1.29, 1.82) is 0 Å². The largest absolute Gasteiger partial charge is 0.493 e. The van der Waals surface area contributed by atoms with Crippen molar-refractivity contribution in [2.75, 3.05) is 37.0 Å². The highest BCUT2D eigenvalue weighted by molar-refractivity contribution is 6.30. The Labute approximate surface area is 271 Å². The van der Waals surface area contributed by atoms with E-state index in [-0.39, 0.29) is 24.5 Å². The minimum atomic E-state index is -0.387. The number of halogens is 1. The molecule has 0 bridgehead atoms. The van der Waals surface area contributed by atoms with Crippen molar-refractivity contribution in [1.82, 2.24) is 9.88 Å². The maximum Gasteiger partial charge on any atom is 0.232 e. The molecule has 3 aromatic rings. The first kappa shape index (κ1) is 31.2. The van der Waals surface area contributed by atoms with E-state index < -0.39 is 0 Å². The maximum atomic E-state index is 13.9. The van der Waals surface area contributed by atoms with Crippen LogP contribution in [-0.2, 0) is 16.0 Å². The van der Waals surface area contributed by atoms with Crippen molar-refractivity contribution < 1.29 is 19.1 Å². The number of hydrogen-bond donors (Lipinski definition) is 0. The normalized spacial score (nSPS) is 21.7. The maximum absolute atomic E-state index is 13.9. The molecule has 238 valence electrons. The van der Waals surface area contributed by atoms with Crippen molar-refractivity contribution in [3.63, 3.8) is 0 Å². The molecule has 2 aliphatic heterocycles. The Kier molecular flexibility index (Phi) is 9.22. The van der Waals surface area contributed by atoms with E-state index in [1.807, 2.05) is 73.5 Å². The SMILES string of the molecule is COc1cc2c(cc1OC(C)C)[C@H](c1ccc(Cl)cc1)N(c1ccc(N(C)C[C@H]3CC[C@H](N4CCCC4=O)CC3)nc1)C(=O)C2. The second-order valence-electron chi connectivity index (χ2n) is 12.9. The number of hydrogen-bond acceptors (Lipinski definition) is 6. The predicted octanol–water partition coefficient (Wildman–Crippen LogP) is 6.83. The minimum Gasteiger partial charge on any atom is -0.493 e. The Hall–Kier alpha value is -3.78. The fourth-order valence-electron chi connectivity index (χ4n) is 7.25. The molecule has 0 spiro atoms. The molecule has 8 nitrogen and oxygen atoms in total. The lowest BCUT2D eigenvalue weighted by atomic mass is 9.85. The van der Waals surface area contributed by atoms with Gasteiger partial charge in [0.1, 0.15) is 5.82 Å². The van der Waals surface area contributed by atoms with Crippen LogP contribution in [0.5, 0.6) is 11.5 Å². The Morgan fingerprint density at radius 2 is 1.76 bits per heavy atom. The van der Waals surface area contributed by atoms with Gasteiger partial charge in [-0.3, -0.25) is 14.5 Å². The summed E-state index contributed by atoms with van der Waals surface area (Å²) in [6.07, 6.45) is 8.13. The smallest absolute Gasteiger partial charge is 0.232 e. The van der Waals surface area contributed by atoms with Crippen LogP contribution in [0.2, 0.25) is 5.02 Å². The highest BCUT2D eigenvalue weighted by Crippen LogP contribution is 2.44. The van der Waals surface area contributed by atoms with E-state index >= 15 is 0 Å². The van der Waals surface area contributed by atoms with E-state index in [0.29, 0.717) is 40.8 Å². The van der Waals surface area contributed by atoms with Gasteiger partial charge >= 0.3 is 0 Å². The molecule has 2 aromatic carbocycles. The zero-order chi connectivity index (χ0) is 31.7. The van der Waals surface area contributed by atoms with Gasteiger partial charge in [0.15, 0.2) is 11.5 Å². The summed E-state index contributed by atoms with van der Waals surface area (Å²) in [6.45, 7) is 5.81. The third kappa shape index (κ3) is 6.62. The number of nitrogens with zero attached hydrogens (tertiary/aromatic N) is 4. The van der Waals surface area contributed by atoms with Crippen molar-refractivity contribution in [2.45, 2.75) is 77.0 Å². The first-order valence-corrected chi connectivity index (χ1v) is 16.5. The van der Waals surface area contributed by atoms with Crippen LogP contribution >= 0.6 is 11.6 Å². The highest BCUT2D eigenvalue weighted by Gasteiger charge is 2.37. The Bertz CT molecular complexity index is 1520. The number of methoxy groups -OCH3 is 1. The summed E-state index contributed by atoms with van der Waals surface area (Å²) in [6, 6.07) is 15.6. The molecule has 0 unspecified atom stereocenters. The molecule has 3 heterocycles. The summed E-state index contributed by atoms with van der Waals surface area (Å²) in [5.74, 6) is 3.03. The van der Waals surface area contributed by atoms with E-state index in [9.17, 15) is 9.59 Å². The molecular formula is C36H43ClN4O4. The standard InChI is InChI=1S/C36H43ClN4O4/c1-23(2)45-32-20-30-26(18-31(32)44-4)19-35(43)41(36(30)25-9-11-27(37)12-10-25)29-15-16-33(38-21-29)39(3)22-24-7-13-28(14-8-24)40-17-5-6-34(40)42/h9-12,15-16,18,20-21,23-24,28,36H,5-8,13-14,17,19,22H2,1-4H3/t24-,28-,36-/m0/s1. The van der Waals surface area contributed by atoms with E-state index in [4.69, 9.17) is 26.1 Å². The Balaban J connectivity index is 1.23. The van der Waals surface area contributed by atoms with E-state index in [1.165, 1.54) is 0 Å². The molecule has 2 fully saturated rings. The fourth-order valence-corrected chi connectivity index (χ4v) is 7.38. The summed E-state index contributed by atoms with van der Waals surface area (Å²) >= 11 is 6.27. The van der Waals surface area contributed by atoms with Gasteiger partial charge in [-0.2, -0.15) is 0 Å². The van der Waals surface area contributed by atoms with Crippen molar-refractivity contribution >= 4 is 34.9 Å².